The van der Waals surface area contributed by atoms with Gasteiger partial charge in [0.05, 0.1) is 6.42 Å². The van der Waals surface area contributed by atoms with Crippen molar-refractivity contribution < 1.29 is 9.90 Å². The lowest BCUT2D eigenvalue weighted by Crippen LogP contribution is -2.05. The summed E-state index contributed by atoms with van der Waals surface area (Å²) in [6.07, 6.45) is 0.151. The minimum absolute atomic E-state index is 0.0347. The second-order valence-corrected chi connectivity index (χ2v) is 5.05. The molecular formula is C11H15NO2S. The number of aliphatic carboxylic acids is 1. The van der Waals surface area contributed by atoms with Gasteiger partial charge in [0.2, 0.25) is 0 Å². The number of anilines is 1. The normalized spacial score (nSPS) is 12.4. The second kappa shape index (κ2) is 5.07. The molecule has 3 N–H and O–H groups in total. The number of nitrogens with two attached hydrogens (primary N) is 1. The average molecular weight is 225 g/mol. The highest BCUT2D eigenvalue weighted by atomic mass is 32.2. The van der Waals surface area contributed by atoms with Crippen LogP contribution in [0.2, 0.25) is 0 Å². The van der Waals surface area contributed by atoms with Crippen molar-refractivity contribution in [2.24, 2.45) is 0 Å². The molecule has 0 aliphatic rings. The van der Waals surface area contributed by atoms with Crippen LogP contribution in [0.15, 0.2) is 23.1 Å². The molecule has 1 unspecified atom stereocenters. The van der Waals surface area contributed by atoms with Crippen LogP contribution in [0.25, 0.3) is 0 Å². The lowest BCUT2D eigenvalue weighted by Gasteiger charge is -2.10. The van der Waals surface area contributed by atoms with E-state index < -0.39 is 5.97 Å². The number of aryl methyl sites for hydroxylation is 1. The zero-order valence-electron chi connectivity index (χ0n) is 8.86. The molecule has 0 fully saturated rings. The van der Waals surface area contributed by atoms with E-state index in [0.717, 1.165) is 16.1 Å². The van der Waals surface area contributed by atoms with Crippen molar-refractivity contribution in [3.63, 3.8) is 0 Å². The van der Waals surface area contributed by atoms with Crippen molar-refractivity contribution in [1.29, 1.82) is 0 Å². The summed E-state index contributed by atoms with van der Waals surface area (Å²) in [6.45, 7) is 3.86. The Morgan fingerprint density at radius 2 is 2.27 bits per heavy atom. The van der Waals surface area contributed by atoms with Gasteiger partial charge in [-0.15, -0.1) is 11.8 Å². The van der Waals surface area contributed by atoms with Crippen molar-refractivity contribution in [1.82, 2.24) is 0 Å². The monoisotopic (exact) mass is 225 g/mol. The number of carboxylic acid groups (broad SMARTS) is 1. The highest BCUT2D eigenvalue weighted by Crippen LogP contribution is 2.30. The highest BCUT2D eigenvalue weighted by Gasteiger charge is 2.10. The first-order valence-corrected chi connectivity index (χ1v) is 5.61. The summed E-state index contributed by atoms with van der Waals surface area (Å²) < 4.78 is 0. The van der Waals surface area contributed by atoms with E-state index in [1.54, 1.807) is 0 Å². The van der Waals surface area contributed by atoms with E-state index in [4.69, 9.17) is 10.8 Å². The molecule has 0 aromatic heterocycles. The van der Waals surface area contributed by atoms with Gasteiger partial charge in [0, 0.05) is 15.8 Å². The summed E-state index contributed by atoms with van der Waals surface area (Å²) in [4.78, 5) is 11.4. The van der Waals surface area contributed by atoms with Gasteiger partial charge < -0.3 is 10.8 Å². The summed E-state index contributed by atoms with van der Waals surface area (Å²) in [7, 11) is 0. The Hall–Kier alpha value is -1.16. The predicted octanol–water partition coefficient (Wildman–Crippen LogP) is 2.53. The third-order valence-corrected chi connectivity index (χ3v) is 3.15. The van der Waals surface area contributed by atoms with Crippen molar-refractivity contribution in [3.8, 4) is 0 Å². The van der Waals surface area contributed by atoms with Crippen LogP contribution in [0.4, 0.5) is 5.69 Å². The molecule has 1 aromatic rings. The Labute approximate surface area is 93.7 Å². The van der Waals surface area contributed by atoms with Crippen molar-refractivity contribution in [2.75, 3.05) is 5.73 Å². The van der Waals surface area contributed by atoms with Gasteiger partial charge in [0.15, 0.2) is 0 Å². The van der Waals surface area contributed by atoms with Gasteiger partial charge in [-0.05, 0) is 24.6 Å². The Kier molecular flexibility index (Phi) is 4.03. The molecule has 0 heterocycles. The van der Waals surface area contributed by atoms with Crippen LogP contribution in [0, 0.1) is 6.92 Å². The van der Waals surface area contributed by atoms with E-state index in [1.165, 1.54) is 11.8 Å². The van der Waals surface area contributed by atoms with Crippen LogP contribution in [0.1, 0.15) is 18.9 Å². The zero-order valence-corrected chi connectivity index (χ0v) is 9.67. The van der Waals surface area contributed by atoms with Crippen LogP contribution >= 0.6 is 11.8 Å². The summed E-state index contributed by atoms with van der Waals surface area (Å²) in [5, 5.41) is 8.67. The number of carbonyl (C=O) groups is 1. The van der Waals surface area contributed by atoms with Crippen molar-refractivity contribution >= 4 is 23.4 Å². The smallest absolute Gasteiger partial charge is 0.304 e. The number of hydrogen-bond donors (Lipinski definition) is 2. The lowest BCUT2D eigenvalue weighted by molar-refractivity contribution is -0.136. The fourth-order valence-electron chi connectivity index (χ4n) is 1.28. The van der Waals surface area contributed by atoms with E-state index in [0.29, 0.717) is 0 Å². The minimum atomic E-state index is -0.777. The number of carboxylic acids is 1. The van der Waals surface area contributed by atoms with Gasteiger partial charge in [-0.2, -0.15) is 0 Å². The Bertz CT molecular complexity index is 366. The quantitative estimate of drug-likeness (QED) is 0.610. The van der Waals surface area contributed by atoms with Crippen molar-refractivity contribution in [2.45, 2.75) is 30.4 Å². The minimum Gasteiger partial charge on any atom is -0.481 e. The molecule has 0 aliphatic heterocycles. The van der Waals surface area contributed by atoms with Gasteiger partial charge in [-0.1, -0.05) is 13.0 Å². The molecule has 0 saturated heterocycles. The second-order valence-electron chi connectivity index (χ2n) is 3.57. The summed E-state index contributed by atoms with van der Waals surface area (Å²) in [6, 6.07) is 5.82. The number of benzene rings is 1. The molecule has 0 bridgehead atoms. The zero-order chi connectivity index (χ0) is 11.4. The predicted molar refractivity (Wildman–Crippen MR) is 63.2 cm³/mol. The molecule has 0 spiro atoms. The molecule has 4 heteroatoms. The van der Waals surface area contributed by atoms with Crippen LogP contribution in [-0.4, -0.2) is 16.3 Å². The molecule has 0 amide bonds. The van der Waals surface area contributed by atoms with E-state index in [1.807, 2.05) is 32.0 Å². The van der Waals surface area contributed by atoms with Gasteiger partial charge in [0.1, 0.15) is 0 Å². The first-order valence-electron chi connectivity index (χ1n) is 4.73. The molecule has 0 aliphatic carbocycles. The number of nitrogen functional groups attached to an aromatic ring is 1. The molecule has 82 valence electrons. The molecule has 1 atom stereocenters. The van der Waals surface area contributed by atoms with E-state index in [2.05, 4.69) is 0 Å². The Morgan fingerprint density at radius 3 is 2.80 bits per heavy atom. The molecular weight excluding hydrogens is 210 g/mol. The maximum absolute atomic E-state index is 10.5. The highest BCUT2D eigenvalue weighted by molar-refractivity contribution is 8.00. The van der Waals surface area contributed by atoms with Crippen LogP contribution in [0.5, 0.6) is 0 Å². The van der Waals surface area contributed by atoms with Gasteiger partial charge in [-0.3, -0.25) is 4.79 Å². The van der Waals surface area contributed by atoms with Gasteiger partial charge in [0.25, 0.3) is 0 Å². The largest absolute Gasteiger partial charge is 0.481 e. The maximum Gasteiger partial charge on any atom is 0.304 e. The first kappa shape index (κ1) is 11.9. The fraction of sp³-hybridized carbons (Fsp3) is 0.364. The lowest BCUT2D eigenvalue weighted by atomic mass is 10.2. The number of hydrogen-bond acceptors (Lipinski definition) is 3. The standard InChI is InChI=1S/C11H15NO2S/c1-7-3-4-10(9(12)5-7)15-8(2)6-11(13)14/h3-5,8H,6,12H2,1-2H3,(H,13,14). The third-order valence-electron chi connectivity index (χ3n) is 1.96. The number of thioether (sulfide) groups is 1. The molecule has 1 aromatic carbocycles. The molecule has 3 nitrogen and oxygen atoms in total. The van der Waals surface area contributed by atoms with Crippen LogP contribution in [0.3, 0.4) is 0 Å². The van der Waals surface area contributed by atoms with E-state index in [9.17, 15) is 4.79 Å². The van der Waals surface area contributed by atoms with Crippen molar-refractivity contribution in [3.05, 3.63) is 23.8 Å². The van der Waals surface area contributed by atoms with E-state index >= 15 is 0 Å². The first-order chi connectivity index (χ1) is 6.99. The summed E-state index contributed by atoms with van der Waals surface area (Å²) in [5.74, 6) is -0.777. The fourth-order valence-corrected chi connectivity index (χ4v) is 2.28. The maximum atomic E-state index is 10.5. The SMILES string of the molecule is Cc1ccc(SC(C)CC(=O)O)c(N)c1. The Morgan fingerprint density at radius 1 is 1.60 bits per heavy atom. The molecule has 0 saturated carbocycles. The molecule has 1 rings (SSSR count). The summed E-state index contributed by atoms with van der Waals surface area (Å²) in [5.41, 5.74) is 7.67. The third kappa shape index (κ3) is 3.83. The van der Waals surface area contributed by atoms with E-state index in [-0.39, 0.29) is 11.7 Å². The molecule has 0 radical (unpaired) electrons. The van der Waals surface area contributed by atoms with Gasteiger partial charge in [-0.25, -0.2) is 0 Å². The summed E-state index contributed by atoms with van der Waals surface area (Å²) >= 11 is 1.50. The number of rotatable bonds is 4. The topological polar surface area (TPSA) is 63.3 Å². The van der Waals surface area contributed by atoms with Crippen LogP contribution < -0.4 is 5.73 Å². The molecule has 15 heavy (non-hydrogen) atoms. The van der Waals surface area contributed by atoms with Gasteiger partial charge >= 0.3 is 5.97 Å². The Balaban J connectivity index is 2.68. The van der Waals surface area contributed by atoms with Crippen LogP contribution in [-0.2, 0) is 4.79 Å². The average Bonchev–Trinajstić information content (AvgIpc) is 2.08.